The number of amidine groups is 1. The number of oxime groups is 1. The quantitative estimate of drug-likeness (QED) is 0.331. The minimum Gasteiger partial charge on any atom is -0.409 e. The molecule has 0 radical (unpaired) electrons. The molecule has 1 atom stereocenters. The van der Waals surface area contributed by atoms with E-state index in [9.17, 15) is 4.39 Å². The molecule has 1 aromatic rings. The van der Waals surface area contributed by atoms with Gasteiger partial charge in [-0.2, -0.15) is 0 Å². The molecule has 1 aliphatic rings. The first-order chi connectivity index (χ1) is 9.02. The molecule has 19 heavy (non-hydrogen) atoms. The summed E-state index contributed by atoms with van der Waals surface area (Å²) in [6, 6.07) is 4.36. The van der Waals surface area contributed by atoms with Crippen LogP contribution < -0.4 is 11.1 Å². The van der Waals surface area contributed by atoms with E-state index < -0.39 is 5.82 Å². The third-order valence-corrected chi connectivity index (χ3v) is 3.30. The van der Waals surface area contributed by atoms with E-state index in [0.29, 0.717) is 18.7 Å². The maximum atomic E-state index is 13.5. The zero-order valence-corrected chi connectivity index (χ0v) is 10.8. The lowest BCUT2D eigenvalue weighted by molar-refractivity contribution is 0.171. The molecule has 1 saturated heterocycles. The zero-order valence-electron chi connectivity index (χ0n) is 10.8. The lowest BCUT2D eigenvalue weighted by Crippen LogP contribution is -2.42. The topological polar surface area (TPSA) is 79.9 Å². The van der Waals surface area contributed by atoms with Gasteiger partial charge in [0.05, 0.1) is 6.61 Å². The number of nitrogens with zero attached hydrogens (tertiary/aromatic N) is 1. The number of hydrogen-bond acceptors (Lipinski definition) is 4. The molecule has 0 spiro atoms. The Morgan fingerprint density at radius 2 is 2.37 bits per heavy atom. The summed E-state index contributed by atoms with van der Waals surface area (Å²) in [5.41, 5.74) is 6.50. The standard InChI is InChI=1S/C13H18FN3O2/c1-13(2-3-19-8-13)16-7-9-4-10(12(15)17-18)6-11(14)5-9/h4-6,16,18H,2-3,7-8H2,1H3,(H2,15,17). The second-order valence-corrected chi connectivity index (χ2v) is 5.05. The molecule has 5 nitrogen and oxygen atoms in total. The van der Waals surface area contributed by atoms with Crippen LogP contribution in [0, 0.1) is 5.82 Å². The Hall–Kier alpha value is -1.66. The molecule has 0 bridgehead atoms. The third kappa shape index (κ3) is 3.42. The summed E-state index contributed by atoms with van der Waals surface area (Å²) in [5.74, 6) is -0.509. The van der Waals surface area contributed by atoms with Gasteiger partial charge >= 0.3 is 0 Å². The fourth-order valence-corrected chi connectivity index (χ4v) is 2.08. The molecule has 6 heteroatoms. The van der Waals surface area contributed by atoms with E-state index in [1.807, 2.05) is 0 Å². The SMILES string of the molecule is CC1(NCc2cc(F)cc(/C(N)=N/O)c2)CCOC1. The highest BCUT2D eigenvalue weighted by atomic mass is 19.1. The van der Waals surface area contributed by atoms with Gasteiger partial charge in [0.15, 0.2) is 5.84 Å². The Kier molecular flexibility index (Phi) is 4.01. The van der Waals surface area contributed by atoms with Gasteiger partial charge in [-0.1, -0.05) is 5.16 Å². The van der Waals surface area contributed by atoms with E-state index in [1.54, 1.807) is 6.07 Å². The second kappa shape index (κ2) is 5.54. The van der Waals surface area contributed by atoms with E-state index in [4.69, 9.17) is 15.7 Å². The van der Waals surface area contributed by atoms with Crippen LogP contribution >= 0.6 is 0 Å². The molecule has 1 aliphatic heterocycles. The lowest BCUT2D eigenvalue weighted by Gasteiger charge is -2.23. The molecule has 0 aliphatic carbocycles. The highest BCUT2D eigenvalue weighted by molar-refractivity contribution is 5.97. The first-order valence-electron chi connectivity index (χ1n) is 6.12. The average molecular weight is 267 g/mol. The molecule has 4 N–H and O–H groups in total. The van der Waals surface area contributed by atoms with E-state index in [1.165, 1.54) is 12.1 Å². The molecule has 1 fully saturated rings. The number of nitrogens with two attached hydrogens (primary N) is 1. The van der Waals surface area contributed by atoms with Gasteiger partial charge in [-0.05, 0) is 37.1 Å². The Bertz CT molecular complexity index is 485. The number of benzene rings is 1. The molecule has 1 aromatic carbocycles. The predicted octanol–water partition coefficient (Wildman–Crippen LogP) is 1.19. The van der Waals surface area contributed by atoms with E-state index in [-0.39, 0.29) is 11.4 Å². The first-order valence-corrected chi connectivity index (χ1v) is 6.12. The highest BCUT2D eigenvalue weighted by Crippen LogP contribution is 2.18. The molecule has 104 valence electrons. The van der Waals surface area contributed by atoms with E-state index >= 15 is 0 Å². The molecule has 1 heterocycles. The Morgan fingerprint density at radius 1 is 1.58 bits per heavy atom. The number of nitrogens with one attached hydrogen (secondary N) is 1. The van der Waals surface area contributed by atoms with Crippen molar-refractivity contribution in [3.8, 4) is 0 Å². The van der Waals surface area contributed by atoms with Gasteiger partial charge < -0.3 is 21.0 Å². The van der Waals surface area contributed by atoms with Gasteiger partial charge in [0.25, 0.3) is 0 Å². The van der Waals surface area contributed by atoms with Gasteiger partial charge in [0, 0.05) is 24.3 Å². The van der Waals surface area contributed by atoms with Crippen LogP contribution in [0.3, 0.4) is 0 Å². The summed E-state index contributed by atoms with van der Waals surface area (Å²) in [7, 11) is 0. The van der Waals surface area contributed by atoms with Gasteiger partial charge in [0.1, 0.15) is 5.82 Å². The number of ether oxygens (including phenoxy) is 1. The van der Waals surface area contributed by atoms with Crippen LogP contribution in [-0.4, -0.2) is 29.8 Å². The van der Waals surface area contributed by atoms with Crippen LogP contribution in [0.25, 0.3) is 0 Å². The normalized spacial score (nSPS) is 23.8. The van der Waals surface area contributed by atoms with Crippen molar-refractivity contribution in [2.75, 3.05) is 13.2 Å². The Labute approximate surface area is 111 Å². The summed E-state index contributed by atoms with van der Waals surface area (Å²) in [6.45, 7) is 3.96. The molecule has 2 rings (SSSR count). The Morgan fingerprint density at radius 3 is 3.00 bits per heavy atom. The van der Waals surface area contributed by atoms with Crippen molar-refractivity contribution in [3.63, 3.8) is 0 Å². The molecule has 0 amide bonds. The maximum Gasteiger partial charge on any atom is 0.170 e. The summed E-state index contributed by atoms with van der Waals surface area (Å²) < 4.78 is 18.8. The van der Waals surface area contributed by atoms with Gasteiger partial charge in [0.2, 0.25) is 0 Å². The molecular formula is C13H18FN3O2. The van der Waals surface area contributed by atoms with Crippen LogP contribution in [0.15, 0.2) is 23.4 Å². The first kappa shape index (κ1) is 13.8. The maximum absolute atomic E-state index is 13.5. The van der Waals surface area contributed by atoms with Gasteiger partial charge in [-0.25, -0.2) is 4.39 Å². The van der Waals surface area contributed by atoms with Crippen LogP contribution in [0.5, 0.6) is 0 Å². The van der Waals surface area contributed by atoms with Crippen molar-refractivity contribution in [2.45, 2.75) is 25.4 Å². The number of rotatable bonds is 4. The van der Waals surface area contributed by atoms with Crippen LogP contribution in [0.2, 0.25) is 0 Å². The fourth-order valence-electron chi connectivity index (χ4n) is 2.08. The number of halogens is 1. The van der Waals surface area contributed by atoms with Crippen molar-refractivity contribution < 1.29 is 14.3 Å². The molecular weight excluding hydrogens is 249 g/mol. The minimum atomic E-state index is -0.409. The smallest absolute Gasteiger partial charge is 0.170 e. The zero-order chi connectivity index (χ0) is 13.9. The van der Waals surface area contributed by atoms with Crippen LogP contribution in [0.1, 0.15) is 24.5 Å². The average Bonchev–Trinajstić information content (AvgIpc) is 2.82. The lowest BCUT2D eigenvalue weighted by atomic mass is 10.0. The van der Waals surface area contributed by atoms with Crippen molar-refractivity contribution in [1.82, 2.24) is 5.32 Å². The highest BCUT2D eigenvalue weighted by Gasteiger charge is 2.28. The monoisotopic (exact) mass is 267 g/mol. The van der Waals surface area contributed by atoms with Crippen molar-refractivity contribution in [3.05, 3.63) is 35.1 Å². The summed E-state index contributed by atoms with van der Waals surface area (Å²) >= 11 is 0. The third-order valence-electron chi connectivity index (χ3n) is 3.30. The van der Waals surface area contributed by atoms with Crippen molar-refractivity contribution >= 4 is 5.84 Å². The summed E-state index contributed by atoms with van der Waals surface area (Å²) in [5, 5.41) is 14.9. The van der Waals surface area contributed by atoms with E-state index in [2.05, 4.69) is 17.4 Å². The second-order valence-electron chi connectivity index (χ2n) is 5.05. The largest absolute Gasteiger partial charge is 0.409 e. The van der Waals surface area contributed by atoms with Crippen molar-refractivity contribution in [2.24, 2.45) is 10.9 Å². The fraction of sp³-hybridized carbons (Fsp3) is 0.462. The number of hydrogen-bond donors (Lipinski definition) is 3. The minimum absolute atomic E-state index is 0.0803. The van der Waals surface area contributed by atoms with E-state index in [0.717, 1.165) is 18.6 Å². The van der Waals surface area contributed by atoms with Crippen LogP contribution in [-0.2, 0) is 11.3 Å². The van der Waals surface area contributed by atoms with Crippen molar-refractivity contribution in [1.29, 1.82) is 0 Å². The predicted molar refractivity (Wildman–Crippen MR) is 69.6 cm³/mol. The summed E-state index contributed by atoms with van der Waals surface area (Å²) in [4.78, 5) is 0. The Balaban J connectivity index is 2.10. The van der Waals surface area contributed by atoms with Gasteiger partial charge in [-0.15, -0.1) is 0 Å². The van der Waals surface area contributed by atoms with Gasteiger partial charge in [-0.3, -0.25) is 0 Å². The summed E-state index contributed by atoms with van der Waals surface area (Å²) in [6.07, 6.45) is 0.926. The molecule has 1 unspecified atom stereocenters. The van der Waals surface area contributed by atoms with Crippen LogP contribution in [0.4, 0.5) is 4.39 Å². The molecule has 0 aromatic heterocycles. The molecule has 0 saturated carbocycles.